The van der Waals surface area contributed by atoms with E-state index in [4.69, 9.17) is 0 Å². The largest absolute Gasteiger partial charge is 0.334 e. The Balaban J connectivity index is 2.08. The van der Waals surface area contributed by atoms with Crippen molar-refractivity contribution in [2.45, 2.75) is 20.0 Å². The van der Waals surface area contributed by atoms with Gasteiger partial charge in [-0.25, -0.2) is 0 Å². The summed E-state index contributed by atoms with van der Waals surface area (Å²) < 4.78 is 0. The van der Waals surface area contributed by atoms with Gasteiger partial charge >= 0.3 is 0 Å². The molecular weight excluding hydrogens is 224 g/mol. The second kappa shape index (κ2) is 5.96. The third kappa shape index (κ3) is 3.42. The fourth-order valence-electron chi connectivity index (χ4n) is 1.74. The fourth-order valence-corrected chi connectivity index (χ4v) is 1.74. The molecule has 91 valence electrons. The number of pyridine rings is 1. The Morgan fingerprint density at radius 1 is 1.28 bits per heavy atom. The zero-order chi connectivity index (χ0) is 12.8. The molecule has 0 fully saturated rings. The van der Waals surface area contributed by atoms with E-state index >= 15 is 0 Å². The first-order chi connectivity index (χ1) is 8.75. The second-order valence-electron chi connectivity index (χ2n) is 4.15. The van der Waals surface area contributed by atoms with Crippen LogP contribution >= 0.6 is 0 Å². The van der Waals surface area contributed by atoms with Crippen molar-refractivity contribution >= 4 is 5.91 Å². The zero-order valence-electron chi connectivity index (χ0n) is 10.3. The molecule has 0 saturated carbocycles. The molecule has 0 aliphatic heterocycles. The van der Waals surface area contributed by atoms with Gasteiger partial charge in [-0.2, -0.15) is 0 Å². The van der Waals surface area contributed by atoms with Crippen molar-refractivity contribution in [3.8, 4) is 0 Å². The minimum absolute atomic E-state index is 0.0581. The van der Waals surface area contributed by atoms with Crippen LogP contribution in [-0.4, -0.2) is 15.8 Å². The van der Waals surface area contributed by atoms with Crippen LogP contribution < -0.4 is 0 Å². The van der Waals surface area contributed by atoms with Crippen molar-refractivity contribution in [1.82, 2.24) is 9.88 Å². The highest BCUT2D eigenvalue weighted by atomic mass is 16.2. The van der Waals surface area contributed by atoms with Crippen LogP contribution in [0, 0.1) is 6.07 Å². The summed E-state index contributed by atoms with van der Waals surface area (Å²) in [5.74, 6) is 0.0581. The summed E-state index contributed by atoms with van der Waals surface area (Å²) in [7, 11) is 0. The minimum Gasteiger partial charge on any atom is -0.334 e. The van der Waals surface area contributed by atoms with E-state index in [-0.39, 0.29) is 5.91 Å². The van der Waals surface area contributed by atoms with Gasteiger partial charge in [0, 0.05) is 32.4 Å². The summed E-state index contributed by atoms with van der Waals surface area (Å²) in [6.45, 7) is 2.77. The Hall–Kier alpha value is -2.16. The maximum absolute atomic E-state index is 11.6. The quantitative estimate of drug-likeness (QED) is 0.821. The monoisotopic (exact) mass is 239 g/mol. The van der Waals surface area contributed by atoms with E-state index < -0.39 is 0 Å². The van der Waals surface area contributed by atoms with Crippen LogP contribution in [0.25, 0.3) is 0 Å². The second-order valence-corrected chi connectivity index (χ2v) is 4.15. The number of nitrogens with zero attached hydrogens (tertiary/aromatic N) is 2. The molecule has 0 saturated heterocycles. The molecule has 0 unspecified atom stereocenters. The number of aromatic nitrogens is 1. The van der Waals surface area contributed by atoms with E-state index in [1.165, 1.54) is 0 Å². The molecule has 0 aliphatic carbocycles. The van der Waals surface area contributed by atoms with Gasteiger partial charge in [-0.05, 0) is 29.3 Å². The molecule has 0 bridgehead atoms. The number of rotatable bonds is 4. The lowest BCUT2D eigenvalue weighted by atomic mass is 10.2. The van der Waals surface area contributed by atoms with Crippen LogP contribution in [0.3, 0.4) is 0 Å². The van der Waals surface area contributed by atoms with Crippen molar-refractivity contribution < 1.29 is 4.79 Å². The first-order valence-corrected chi connectivity index (χ1v) is 5.85. The van der Waals surface area contributed by atoms with E-state index in [2.05, 4.69) is 11.1 Å². The maximum atomic E-state index is 11.6. The zero-order valence-corrected chi connectivity index (χ0v) is 10.3. The molecule has 0 aliphatic rings. The third-order valence-corrected chi connectivity index (χ3v) is 2.69. The molecule has 1 aromatic carbocycles. The lowest BCUT2D eigenvalue weighted by Crippen LogP contribution is -2.27. The van der Waals surface area contributed by atoms with Crippen molar-refractivity contribution in [3.05, 3.63) is 66.0 Å². The minimum atomic E-state index is 0.0581. The van der Waals surface area contributed by atoms with Gasteiger partial charge in [0.1, 0.15) is 0 Å². The number of amides is 1. The normalized spacial score (nSPS) is 10.1. The molecule has 3 heteroatoms. The number of carbonyl (C=O) groups is 1. The van der Waals surface area contributed by atoms with E-state index in [1.54, 1.807) is 24.2 Å². The van der Waals surface area contributed by atoms with Crippen molar-refractivity contribution in [2.75, 3.05) is 0 Å². The average molecular weight is 239 g/mol. The highest BCUT2D eigenvalue weighted by Gasteiger charge is 2.09. The molecule has 1 amide bonds. The number of hydrogen-bond donors (Lipinski definition) is 0. The number of hydrogen-bond acceptors (Lipinski definition) is 2. The Kier molecular flexibility index (Phi) is 4.07. The molecule has 3 nitrogen and oxygen atoms in total. The Morgan fingerprint density at radius 3 is 2.67 bits per heavy atom. The fraction of sp³-hybridized carbons (Fsp3) is 0.200. The summed E-state index contributed by atoms with van der Waals surface area (Å²) >= 11 is 0. The van der Waals surface area contributed by atoms with E-state index in [1.807, 2.05) is 36.4 Å². The Bertz CT molecular complexity index is 455. The molecule has 2 rings (SSSR count). The van der Waals surface area contributed by atoms with Gasteiger partial charge in [-0.15, -0.1) is 0 Å². The molecule has 18 heavy (non-hydrogen) atoms. The van der Waals surface area contributed by atoms with Gasteiger partial charge < -0.3 is 4.90 Å². The molecule has 1 radical (unpaired) electrons. The number of carbonyl (C=O) groups excluding carboxylic acids is 1. The van der Waals surface area contributed by atoms with Gasteiger partial charge in [0.25, 0.3) is 0 Å². The summed E-state index contributed by atoms with van der Waals surface area (Å²) in [4.78, 5) is 17.5. The highest BCUT2D eigenvalue weighted by Crippen LogP contribution is 2.09. The lowest BCUT2D eigenvalue weighted by Gasteiger charge is -2.21. The van der Waals surface area contributed by atoms with Crippen LogP contribution in [0.1, 0.15) is 18.1 Å². The van der Waals surface area contributed by atoms with Gasteiger partial charge in [-0.3, -0.25) is 9.78 Å². The van der Waals surface area contributed by atoms with Gasteiger partial charge in [0.15, 0.2) is 0 Å². The first-order valence-electron chi connectivity index (χ1n) is 5.85. The summed E-state index contributed by atoms with van der Waals surface area (Å²) in [5, 5.41) is 0. The van der Waals surface area contributed by atoms with Gasteiger partial charge in [0.2, 0.25) is 5.91 Å². The number of benzene rings is 1. The van der Waals surface area contributed by atoms with Crippen LogP contribution in [0.4, 0.5) is 0 Å². The SMILES string of the molecule is CC(=O)N(Cc1c[c]ccc1)Cc1cccnc1. The van der Waals surface area contributed by atoms with Gasteiger partial charge in [0.05, 0.1) is 0 Å². The molecule has 0 spiro atoms. The van der Waals surface area contributed by atoms with Gasteiger partial charge in [-0.1, -0.05) is 24.3 Å². The molecule has 0 N–H and O–H groups in total. The van der Waals surface area contributed by atoms with Crippen LogP contribution in [0.15, 0.2) is 48.8 Å². The molecule has 1 aromatic heterocycles. The molecule has 2 aromatic rings. The maximum Gasteiger partial charge on any atom is 0.220 e. The first kappa shape index (κ1) is 12.3. The predicted molar refractivity (Wildman–Crippen MR) is 69.4 cm³/mol. The molecular formula is C15H15N2O. The van der Waals surface area contributed by atoms with Crippen LogP contribution in [-0.2, 0) is 17.9 Å². The smallest absolute Gasteiger partial charge is 0.220 e. The average Bonchev–Trinajstić information content (AvgIpc) is 2.40. The van der Waals surface area contributed by atoms with Crippen molar-refractivity contribution in [1.29, 1.82) is 0 Å². The standard InChI is InChI=1S/C15H15N2O/c1-13(18)17(11-14-6-3-2-4-7-14)12-15-8-5-9-16-10-15/h2-3,5-10H,11-12H2,1H3. The van der Waals surface area contributed by atoms with E-state index in [9.17, 15) is 4.79 Å². The van der Waals surface area contributed by atoms with E-state index in [0.29, 0.717) is 13.1 Å². The Labute approximate surface area is 107 Å². The Morgan fingerprint density at radius 2 is 2.06 bits per heavy atom. The molecule has 1 heterocycles. The highest BCUT2D eigenvalue weighted by molar-refractivity contribution is 5.73. The topological polar surface area (TPSA) is 33.2 Å². The molecule has 0 atom stereocenters. The summed E-state index contributed by atoms with van der Waals surface area (Å²) in [5.41, 5.74) is 2.12. The van der Waals surface area contributed by atoms with Crippen molar-refractivity contribution in [2.24, 2.45) is 0 Å². The van der Waals surface area contributed by atoms with Crippen LogP contribution in [0.5, 0.6) is 0 Å². The summed E-state index contributed by atoms with van der Waals surface area (Å²) in [6, 6.07) is 14.5. The van der Waals surface area contributed by atoms with Crippen LogP contribution in [0.2, 0.25) is 0 Å². The predicted octanol–water partition coefficient (Wildman–Crippen LogP) is 2.43. The van der Waals surface area contributed by atoms with E-state index in [0.717, 1.165) is 11.1 Å². The third-order valence-electron chi connectivity index (χ3n) is 2.69. The van der Waals surface area contributed by atoms with Crippen molar-refractivity contribution in [3.63, 3.8) is 0 Å². The lowest BCUT2D eigenvalue weighted by molar-refractivity contribution is -0.130. The summed E-state index contributed by atoms with van der Waals surface area (Å²) in [6.07, 6.45) is 3.51.